The summed E-state index contributed by atoms with van der Waals surface area (Å²) in [4.78, 5) is -0.136. The molecule has 1 aliphatic heterocycles. The van der Waals surface area contributed by atoms with Gasteiger partial charge in [0.15, 0.2) is 0 Å². The molecule has 100 valence electrons. The lowest BCUT2D eigenvalue weighted by Crippen LogP contribution is -2.42. The molecule has 0 saturated carbocycles. The van der Waals surface area contributed by atoms with Crippen molar-refractivity contribution in [2.45, 2.75) is 23.8 Å². The van der Waals surface area contributed by atoms with Gasteiger partial charge in [-0.05, 0) is 31.0 Å². The Morgan fingerprint density at radius 2 is 2.17 bits per heavy atom. The van der Waals surface area contributed by atoms with Crippen LogP contribution in [-0.4, -0.2) is 37.0 Å². The van der Waals surface area contributed by atoms with Crippen molar-refractivity contribution >= 4 is 15.7 Å². The number of nitrogens with two attached hydrogens (primary N) is 1. The molecule has 1 aromatic carbocycles. The summed E-state index contributed by atoms with van der Waals surface area (Å²) in [7, 11) is -3.76. The Labute approximate surface area is 105 Å². The van der Waals surface area contributed by atoms with Gasteiger partial charge in [0.25, 0.3) is 0 Å². The Morgan fingerprint density at radius 1 is 1.44 bits per heavy atom. The van der Waals surface area contributed by atoms with Gasteiger partial charge in [-0.1, -0.05) is 0 Å². The van der Waals surface area contributed by atoms with E-state index in [9.17, 15) is 17.9 Å². The molecule has 1 atom stereocenters. The number of aliphatic hydroxyl groups excluding tert-OH is 1. The summed E-state index contributed by atoms with van der Waals surface area (Å²) >= 11 is 0. The third-order valence-corrected chi connectivity index (χ3v) is 4.83. The van der Waals surface area contributed by atoms with E-state index in [1.807, 2.05) is 0 Å². The number of halogens is 1. The van der Waals surface area contributed by atoms with Gasteiger partial charge in [-0.25, -0.2) is 12.8 Å². The molecule has 0 aromatic heterocycles. The van der Waals surface area contributed by atoms with Crippen LogP contribution in [0.3, 0.4) is 0 Å². The van der Waals surface area contributed by atoms with Crippen molar-refractivity contribution in [3.05, 3.63) is 24.0 Å². The monoisotopic (exact) mass is 274 g/mol. The van der Waals surface area contributed by atoms with Crippen LogP contribution in [0.1, 0.15) is 12.8 Å². The van der Waals surface area contributed by atoms with E-state index in [2.05, 4.69) is 0 Å². The van der Waals surface area contributed by atoms with Crippen molar-refractivity contribution < 1.29 is 17.9 Å². The number of nitrogens with zero attached hydrogens (tertiary/aromatic N) is 1. The summed E-state index contributed by atoms with van der Waals surface area (Å²) in [5, 5.41) is 9.49. The van der Waals surface area contributed by atoms with Crippen LogP contribution in [0.2, 0.25) is 0 Å². The molecule has 1 fully saturated rings. The van der Waals surface area contributed by atoms with Gasteiger partial charge in [-0.15, -0.1) is 0 Å². The molecule has 1 unspecified atom stereocenters. The zero-order chi connectivity index (χ0) is 13.3. The molecular formula is C11H15FN2O3S. The molecular weight excluding hydrogens is 259 g/mol. The summed E-state index contributed by atoms with van der Waals surface area (Å²) in [6.07, 6.45) is 0.520. The maximum absolute atomic E-state index is 13.3. The molecule has 1 saturated heterocycles. The molecule has 1 aliphatic rings. The molecule has 7 heteroatoms. The molecule has 0 amide bonds. The summed E-state index contributed by atoms with van der Waals surface area (Å²) in [5.74, 6) is -0.756. The van der Waals surface area contributed by atoms with E-state index in [4.69, 9.17) is 5.73 Å². The van der Waals surface area contributed by atoms with Crippen LogP contribution < -0.4 is 5.73 Å². The Balaban J connectivity index is 2.32. The molecule has 0 spiro atoms. The van der Waals surface area contributed by atoms with Gasteiger partial charge in [0.2, 0.25) is 10.0 Å². The molecule has 1 aromatic rings. The zero-order valence-electron chi connectivity index (χ0n) is 9.71. The smallest absolute Gasteiger partial charge is 0.243 e. The summed E-state index contributed by atoms with van der Waals surface area (Å²) < 4.78 is 38.9. The highest BCUT2D eigenvalue weighted by molar-refractivity contribution is 7.89. The number of benzene rings is 1. The molecule has 1 heterocycles. The van der Waals surface area contributed by atoms with Crippen molar-refractivity contribution in [1.82, 2.24) is 4.31 Å². The van der Waals surface area contributed by atoms with Crippen LogP contribution in [0, 0.1) is 5.82 Å². The first-order chi connectivity index (χ1) is 8.41. The second-order valence-corrected chi connectivity index (χ2v) is 6.28. The molecule has 18 heavy (non-hydrogen) atoms. The number of β-amino-alcohol motifs (C(OH)–C–C–N with tert-alkyl or cyclic N) is 1. The molecule has 5 nitrogen and oxygen atoms in total. The van der Waals surface area contributed by atoms with Gasteiger partial charge < -0.3 is 10.8 Å². The highest BCUT2D eigenvalue weighted by atomic mass is 32.2. The second-order valence-electron chi connectivity index (χ2n) is 4.34. The van der Waals surface area contributed by atoms with Gasteiger partial charge in [0.1, 0.15) is 5.82 Å². The lowest BCUT2D eigenvalue weighted by Gasteiger charge is -2.29. The first-order valence-corrected chi connectivity index (χ1v) is 7.08. The van der Waals surface area contributed by atoms with Crippen LogP contribution in [0.4, 0.5) is 10.1 Å². The number of rotatable bonds is 2. The summed E-state index contributed by atoms with van der Waals surface area (Å²) in [6, 6.07) is 3.41. The normalized spacial score (nSPS) is 22.0. The molecule has 0 bridgehead atoms. The Hall–Kier alpha value is -1.18. The Bertz CT molecular complexity index is 547. The van der Waals surface area contributed by atoms with E-state index in [-0.39, 0.29) is 17.1 Å². The van der Waals surface area contributed by atoms with Crippen molar-refractivity contribution in [2.75, 3.05) is 18.8 Å². The summed E-state index contributed by atoms with van der Waals surface area (Å²) in [6.45, 7) is 0.389. The zero-order valence-corrected chi connectivity index (χ0v) is 10.5. The maximum atomic E-state index is 13.3. The predicted molar refractivity (Wildman–Crippen MR) is 64.8 cm³/mol. The van der Waals surface area contributed by atoms with Crippen molar-refractivity contribution in [3.63, 3.8) is 0 Å². The maximum Gasteiger partial charge on any atom is 0.243 e. The molecule has 0 aliphatic carbocycles. The van der Waals surface area contributed by atoms with Crippen molar-refractivity contribution in [2.24, 2.45) is 0 Å². The number of sulfonamides is 1. The minimum absolute atomic E-state index is 0.0499. The fourth-order valence-corrected chi connectivity index (χ4v) is 3.48. The first kappa shape index (κ1) is 13.3. The Kier molecular flexibility index (Phi) is 3.56. The van der Waals surface area contributed by atoms with Crippen LogP contribution in [0.15, 0.2) is 23.1 Å². The number of aliphatic hydroxyl groups is 1. The number of piperidine rings is 1. The number of nitrogen functional groups attached to an aromatic ring is 1. The second kappa shape index (κ2) is 4.83. The first-order valence-electron chi connectivity index (χ1n) is 5.64. The van der Waals surface area contributed by atoms with E-state index in [1.165, 1.54) is 16.4 Å². The van der Waals surface area contributed by atoms with E-state index in [1.54, 1.807) is 0 Å². The SMILES string of the molecule is Nc1ccc(S(=O)(=O)N2CCCC(O)C2)cc1F. The van der Waals surface area contributed by atoms with Crippen LogP contribution >= 0.6 is 0 Å². The quantitative estimate of drug-likeness (QED) is 0.772. The van der Waals surface area contributed by atoms with E-state index >= 15 is 0 Å². The standard InChI is InChI=1S/C11H15FN2O3S/c12-10-6-9(3-4-11(10)13)18(16,17)14-5-1-2-8(15)7-14/h3-4,6,8,15H,1-2,5,7,13H2. The lowest BCUT2D eigenvalue weighted by molar-refractivity contribution is 0.108. The minimum atomic E-state index is -3.76. The highest BCUT2D eigenvalue weighted by Gasteiger charge is 2.29. The van der Waals surface area contributed by atoms with Gasteiger partial charge in [0, 0.05) is 13.1 Å². The average molecular weight is 274 g/mol. The van der Waals surface area contributed by atoms with Crippen molar-refractivity contribution in [3.8, 4) is 0 Å². The predicted octanol–water partition coefficient (Wildman–Crippen LogP) is 0.553. The number of anilines is 1. The fraction of sp³-hybridized carbons (Fsp3) is 0.455. The van der Waals surface area contributed by atoms with Gasteiger partial charge >= 0.3 is 0 Å². The molecule has 2 rings (SSSR count). The largest absolute Gasteiger partial charge is 0.396 e. The Morgan fingerprint density at radius 3 is 2.78 bits per heavy atom. The van der Waals surface area contributed by atoms with Crippen LogP contribution in [0.5, 0.6) is 0 Å². The fourth-order valence-electron chi connectivity index (χ4n) is 1.96. The third-order valence-electron chi connectivity index (χ3n) is 2.97. The lowest BCUT2D eigenvalue weighted by atomic mass is 10.1. The van der Waals surface area contributed by atoms with E-state index < -0.39 is 21.9 Å². The van der Waals surface area contributed by atoms with Gasteiger partial charge in [-0.3, -0.25) is 0 Å². The average Bonchev–Trinajstić information content (AvgIpc) is 2.32. The van der Waals surface area contributed by atoms with Crippen LogP contribution in [-0.2, 0) is 10.0 Å². The van der Waals surface area contributed by atoms with Crippen molar-refractivity contribution in [1.29, 1.82) is 0 Å². The molecule has 3 N–H and O–H groups in total. The number of hydrogen-bond donors (Lipinski definition) is 2. The van der Waals surface area contributed by atoms with Gasteiger partial charge in [-0.2, -0.15) is 4.31 Å². The minimum Gasteiger partial charge on any atom is -0.396 e. The summed E-state index contributed by atoms with van der Waals surface area (Å²) in [5.41, 5.74) is 5.22. The highest BCUT2D eigenvalue weighted by Crippen LogP contribution is 2.23. The van der Waals surface area contributed by atoms with E-state index in [0.29, 0.717) is 19.4 Å². The van der Waals surface area contributed by atoms with E-state index in [0.717, 1.165) is 6.07 Å². The van der Waals surface area contributed by atoms with Crippen LogP contribution in [0.25, 0.3) is 0 Å². The third kappa shape index (κ3) is 2.47. The van der Waals surface area contributed by atoms with Gasteiger partial charge in [0.05, 0.1) is 16.7 Å². The topological polar surface area (TPSA) is 83.6 Å². The molecule has 0 radical (unpaired) electrons. The number of hydrogen-bond acceptors (Lipinski definition) is 4.